The molecule has 0 aromatic heterocycles. The van der Waals surface area contributed by atoms with Crippen molar-refractivity contribution in [3.63, 3.8) is 0 Å². The number of hydrogen-bond acceptors (Lipinski definition) is 3. The lowest BCUT2D eigenvalue weighted by atomic mass is 10.1. The molecular weight excluding hydrogens is 246 g/mol. The summed E-state index contributed by atoms with van der Waals surface area (Å²) in [5.74, 6) is 0. The summed E-state index contributed by atoms with van der Waals surface area (Å²) in [5.41, 5.74) is 3.66. The number of benzene rings is 1. The summed E-state index contributed by atoms with van der Waals surface area (Å²) in [4.78, 5) is 4.50. The molecule has 1 aromatic carbocycles. The quantitative estimate of drug-likeness (QED) is 0.830. The normalized spacial score (nSPS) is 18.6. The predicted molar refractivity (Wildman–Crippen MR) is 85.4 cm³/mol. The summed E-state index contributed by atoms with van der Waals surface area (Å²) in [6.07, 6.45) is 8.48. The van der Waals surface area contributed by atoms with E-state index in [0.717, 1.165) is 18.7 Å². The minimum Gasteiger partial charge on any atom is -0.350 e. The number of aliphatic imine (C=N–C) groups is 1. The molecule has 0 saturated carbocycles. The van der Waals surface area contributed by atoms with Crippen LogP contribution in [0.3, 0.4) is 0 Å². The highest BCUT2D eigenvalue weighted by molar-refractivity contribution is 5.61. The zero-order valence-electron chi connectivity index (χ0n) is 12.3. The second kappa shape index (κ2) is 7.65. The van der Waals surface area contributed by atoms with E-state index in [9.17, 15) is 0 Å². The van der Waals surface area contributed by atoms with E-state index in [2.05, 4.69) is 65.9 Å². The number of unbranched alkanes of at least 4 members (excludes halogenated alkanes) is 1. The van der Waals surface area contributed by atoms with Crippen LogP contribution in [0.2, 0.25) is 0 Å². The topological polar surface area (TPSA) is 36.4 Å². The molecule has 1 aromatic rings. The fourth-order valence-electron chi connectivity index (χ4n) is 2.14. The van der Waals surface area contributed by atoms with Crippen molar-refractivity contribution < 1.29 is 0 Å². The molecule has 0 spiro atoms. The standard InChI is InChI=1S/C17H23N3/c1-3-4-6-11-16-14(2)19-13-20-17(16)18-12-15-9-7-5-8-10-15/h5-11,13,17-18H,3-4,12H2,1-2H3,(H,19,20)/b11-6-. The molecule has 1 unspecified atom stereocenters. The van der Waals surface area contributed by atoms with Crippen LogP contribution in [0.15, 0.2) is 58.7 Å². The molecule has 0 saturated heterocycles. The molecule has 2 rings (SSSR count). The van der Waals surface area contributed by atoms with Crippen LogP contribution >= 0.6 is 0 Å². The molecular formula is C17H23N3. The second-order valence-electron chi connectivity index (χ2n) is 4.96. The van der Waals surface area contributed by atoms with Crippen molar-refractivity contribution in [3.8, 4) is 0 Å². The van der Waals surface area contributed by atoms with E-state index in [1.54, 1.807) is 6.34 Å². The summed E-state index contributed by atoms with van der Waals surface area (Å²) in [6.45, 7) is 5.10. The van der Waals surface area contributed by atoms with Gasteiger partial charge in [0.15, 0.2) is 0 Å². The van der Waals surface area contributed by atoms with Gasteiger partial charge in [-0.15, -0.1) is 0 Å². The lowest BCUT2D eigenvalue weighted by molar-refractivity contribution is 0.585. The smallest absolute Gasteiger partial charge is 0.129 e. The first-order valence-electron chi connectivity index (χ1n) is 7.24. The average molecular weight is 269 g/mol. The fourth-order valence-corrected chi connectivity index (χ4v) is 2.14. The molecule has 3 heteroatoms. The summed E-state index contributed by atoms with van der Waals surface area (Å²) in [5, 5.41) is 6.68. The summed E-state index contributed by atoms with van der Waals surface area (Å²) < 4.78 is 0. The van der Waals surface area contributed by atoms with E-state index in [1.165, 1.54) is 17.6 Å². The maximum atomic E-state index is 4.50. The van der Waals surface area contributed by atoms with Gasteiger partial charge in [-0.3, -0.25) is 10.3 Å². The Bertz CT molecular complexity index is 500. The highest BCUT2D eigenvalue weighted by Gasteiger charge is 2.15. The van der Waals surface area contributed by atoms with Gasteiger partial charge in [0.25, 0.3) is 0 Å². The minimum absolute atomic E-state index is 0.0320. The Kier molecular flexibility index (Phi) is 5.56. The third-order valence-electron chi connectivity index (χ3n) is 3.33. The zero-order chi connectivity index (χ0) is 14.2. The molecule has 0 aliphatic carbocycles. The highest BCUT2D eigenvalue weighted by atomic mass is 15.1. The van der Waals surface area contributed by atoms with Gasteiger partial charge in [-0.1, -0.05) is 55.8 Å². The Morgan fingerprint density at radius 3 is 2.85 bits per heavy atom. The molecule has 1 aliphatic heterocycles. The number of nitrogens with one attached hydrogen (secondary N) is 2. The highest BCUT2D eigenvalue weighted by Crippen LogP contribution is 2.14. The molecule has 1 aliphatic rings. The molecule has 20 heavy (non-hydrogen) atoms. The van der Waals surface area contributed by atoms with E-state index in [0.29, 0.717) is 0 Å². The van der Waals surface area contributed by atoms with Crippen LogP contribution in [0, 0.1) is 0 Å². The molecule has 1 atom stereocenters. The van der Waals surface area contributed by atoms with Crippen molar-refractivity contribution in [2.75, 3.05) is 0 Å². The van der Waals surface area contributed by atoms with Crippen LogP contribution in [-0.2, 0) is 6.54 Å². The van der Waals surface area contributed by atoms with E-state index in [-0.39, 0.29) is 6.17 Å². The Labute approximate surface area is 121 Å². The lowest BCUT2D eigenvalue weighted by Gasteiger charge is -2.22. The van der Waals surface area contributed by atoms with Crippen molar-refractivity contribution in [3.05, 3.63) is 59.3 Å². The Morgan fingerprint density at radius 1 is 1.30 bits per heavy atom. The first-order chi connectivity index (χ1) is 9.81. The predicted octanol–water partition coefficient (Wildman–Crippen LogP) is 3.36. The van der Waals surface area contributed by atoms with Crippen LogP contribution in [0.5, 0.6) is 0 Å². The molecule has 3 nitrogen and oxygen atoms in total. The van der Waals surface area contributed by atoms with Gasteiger partial charge < -0.3 is 5.32 Å². The van der Waals surface area contributed by atoms with Gasteiger partial charge in [0, 0.05) is 17.8 Å². The first kappa shape index (κ1) is 14.5. The maximum Gasteiger partial charge on any atom is 0.129 e. The number of allylic oxidation sites excluding steroid dienone is 2. The molecule has 0 radical (unpaired) electrons. The minimum atomic E-state index is 0.0320. The SMILES string of the molecule is CCC/C=C\C1=C(C)NC=NC1NCc1ccccc1. The van der Waals surface area contributed by atoms with Gasteiger partial charge in [0.05, 0.1) is 6.34 Å². The molecule has 2 N–H and O–H groups in total. The van der Waals surface area contributed by atoms with Crippen molar-refractivity contribution in [2.45, 2.75) is 39.4 Å². The monoisotopic (exact) mass is 269 g/mol. The molecule has 1 heterocycles. The van der Waals surface area contributed by atoms with Gasteiger partial charge in [0.2, 0.25) is 0 Å². The fraction of sp³-hybridized carbons (Fsp3) is 0.353. The van der Waals surface area contributed by atoms with E-state index in [4.69, 9.17) is 0 Å². The van der Waals surface area contributed by atoms with Crippen LogP contribution in [0.25, 0.3) is 0 Å². The molecule has 0 bridgehead atoms. The van der Waals surface area contributed by atoms with Crippen molar-refractivity contribution >= 4 is 6.34 Å². The molecule has 0 amide bonds. The summed E-state index contributed by atoms with van der Waals surface area (Å²) in [7, 11) is 0. The van der Waals surface area contributed by atoms with Crippen LogP contribution in [0.1, 0.15) is 32.3 Å². The van der Waals surface area contributed by atoms with Gasteiger partial charge in [-0.05, 0) is 18.9 Å². The van der Waals surface area contributed by atoms with Crippen LogP contribution in [0.4, 0.5) is 0 Å². The third kappa shape index (κ3) is 4.07. The lowest BCUT2D eigenvalue weighted by Crippen LogP contribution is -2.34. The number of hydrogen-bond donors (Lipinski definition) is 2. The van der Waals surface area contributed by atoms with Gasteiger partial charge >= 0.3 is 0 Å². The van der Waals surface area contributed by atoms with Gasteiger partial charge in [0.1, 0.15) is 6.17 Å². The van der Waals surface area contributed by atoms with E-state index in [1.807, 2.05) is 6.07 Å². The summed E-state index contributed by atoms with van der Waals surface area (Å²) >= 11 is 0. The van der Waals surface area contributed by atoms with Gasteiger partial charge in [-0.2, -0.15) is 0 Å². The Balaban J connectivity index is 2.01. The van der Waals surface area contributed by atoms with E-state index >= 15 is 0 Å². The second-order valence-corrected chi connectivity index (χ2v) is 4.96. The zero-order valence-corrected chi connectivity index (χ0v) is 12.3. The summed E-state index contributed by atoms with van der Waals surface area (Å²) in [6, 6.07) is 10.4. The van der Waals surface area contributed by atoms with Crippen molar-refractivity contribution in [1.29, 1.82) is 0 Å². The maximum absolute atomic E-state index is 4.50. The van der Waals surface area contributed by atoms with Crippen molar-refractivity contribution in [2.24, 2.45) is 4.99 Å². The Hall–Kier alpha value is -1.87. The largest absolute Gasteiger partial charge is 0.350 e. The molecule has 0 fully saturated rings. The van der Waals surface area contributed by atoms with Crippen LogP contribution in [-0.4, -0.2) is 12.5 Å². The van der Waals surface area contributed by atoms with E-state index < -0.39 is 0 Å². The number of nitrogens with zero attached hydrogens (tertiary/aromatic N) is 1. The average Bonchev–Trinajstić information content (AvgIpc) is 2.48. The van der Waals surface area contributed by atoms with Crippen molar-refractivity contribution in [1.82, 2.24) is 10.6 Å². The number of rotatable bonds is 6. The van der Waals surface area contributed by atoms with Gasteiger partial charge in [-0.25, -0.2) is 0 Å². The molecule has 106 valence electrons. The first-order valence-corrected chi connectivity index (χ1v) is 7.24. The third-order valence-corrected chi connectivity index (χ3v) is 3.33. The van der Waals surface area contributed by atoms with Crippen LogP contribution < -0.4 is 10.6 Å². The Morgan fingerprint density at radius 2 is 2.10 bits per heavy atom.